The SMILES string of the molecule is CC(=O)[O-].CC(=O)[O-].NN.O.[Pd+2]. The molecule has 0 fully saturated rings. The number of hydrogen-bond donors (Lipinski definition) is 2. The van der Waals surface area contributed by atoms with Gasteiger partial charge in [-0.25, -0.2) is 0 Å². The normalized spacial score (nSPS) is 4.67. The zero-order chi connectivity index (χ0) is 9.15. The molecular weight excluding hydrogens is 262 g/mol. The van der Waals surface area contributed by atoms with Crippen LogP contribution in [0.4, 0.5) is 0 Å². The van der Waals surface area contributed by atoms with Crippen molar-refractivity contribution in [1.82, 2.24) is 0 Å². The van der Waals surface area contributed by atoms with E-state index in [1.165, 1.54) is 0 Å². The third-order valence-electron chi connectivity index (χ3n) is 0. The van der Waals surface area contributed by atoms with Crippen LogP contribution in [0.2, 0.25) is 0 Å². The number of nitrogens with two attached hydrogens (primary N) is 2. The van der Waals surface area contributed by atoms with E-state index in [4.69, 9.17) is 19.8 Å². The summed E-state index contributed by atoms with van der Waals surface area (Å²) in [6.45, 7) is 1.94. The van der Waals surface area contributed by atoms with E-state index in [-0.39, 0.29) is 25.9 Å². The summed E-state index contributed by atoms with van der Waals surface area (Å²) in [6.07, 6.45) is 0. The average Bonchev–Trinajstić information content (AvgIpc) is 1.66. The predicted octanol–water partition coefficient (Wildman–Crippen LogP) is -4.50. The summed E-state index contributed by atoms with van der Waals surface area (Å²) in [4.78, 5) is 17.8. The first-order chi connectivity index (χ1) is 4.46. The van der Waals surface area contributed by atoms with Crippen molar-refractivity contribution in [3.05, 3.63) is 0 Å². The van der Waals surface area contributed by atoms with Crippen LogP contribution in [0, 0.1) is 0 Å². The van der Waals surface area contributed by atoms with Crippen molar-refractivity contribution >= 4 is 11.9 Å². The van der Waals surface area contributed by atoms with Gasteiger partial charge in [0.1, 0.15) is 0 Å². The number of hydrogen-bond acceptors (Lipinski definition) is 6. The number of carbonyl (C=O) groups is 2. The average molecular weight is 275 g/mol. The summed E-state index contributed by atoms with van der Waals surface area (Å²) in [5, 5.41) is 17.8. The van der Waals surface area contributed by atoms with Crippen LogP contribution in [0.25, 0.3) is 0 Å². The maximum atomic E-state index is 8.89. The van der Waals surface area contributed by atoms with Crippen molar-refractivity contribution in [2.24, 2.45) is 11.7 Å². The van der Waals surface area contributed by atoms with Gasteiger partial charge in [0, 0.05) is 11.9 Å². The molecule has 0 aliphatic rings. The van der Waals surface area contributed by atoms with Crippen molar-refractivity contribution in [2.45, 2.75) is 13.8 Å². The quantitative estimate of drug-likeness (QED) is 0.257. The topological polar surface area (TPSA) is 164 Å². The van der Waals surface area contributed by atoms with Crippen LogP contribution in [0.3, 0.4) is 0 Å². The van der Waals surface area contributed by atoms with Crippen molar-refractivity contribution in [1.29, 1.82) is 0 Å². The number of aliphatic carboxylic acids is 2. The first kappa shape index (κ1) is 30.0. The molecule has 0 heterocycles. The fourth-order valence-electron chi connectivity index (χ4n) is 0. The summed E-state index contributed by atoms with van der Waals surface area (Å²) in [7, 11) is 0. The molecule has 0 aromatic heterocycles. The van der Waals surface area contributed by atoms with E-state index in [1.54, 1.807) is 0 Å². The van der Waals surface area contributed by atoms with Crippen molar-refractivity contribution in [2.75, 3.05) is 0 Å². The van der Waals surface area contributed by atoms with Crippen LogP contribution in [0.5, 0.6) is 0 Å². The van der Waals surface area contributed by atoms with Gasteiger partial charge in [-0.15, -0.1) is 0 Å². The molecule has 0 rings (SSSR count). The van der Waals surface area contributed by atoms with Crippen molar-refractivity contribution in [3.8, 4) is 0 Å². The molecule has 0 aliphatic carbocycles. The monoisotopic (exact) mass is 274 g/mol. The van der Waals surface area contributed by atoms with Crippen LogP contribution in [-0.4, -0.2) is 17.4 Å². The first-order valence-corrected chi connectivity index (χ1v) is 2.15. The third-order valence-corrected chi connectivity index (χ3v) is 0. The number of carbonyl (C=O) groups excluding carboxylic acids is 2. The smallest absolute Gasteiger partial charge is 0.550 e. The molecule has 0 aliphatic heterocycles. The minimum absolute atomic E-state index is 0. The van der Waals surface area contributed by atoms with Crippen LogP contribution >= 0.6 is 0 Å². The Hall–Kier alpha value is -0.518. The molecule has 0 atom stereocenters. The maximum Gasteiger partial charge on any atom is 2.00 e. The van der Waals surface area contributed by atoms with E-state index in [2.05, 4.69) is 11.7 Å². The van der Waals surface area contributed by atoms with Gasteiger partial charge in [-0.1, -0.05) is 0 Å². The molecule has 12 heavy (non-hydrogen) atoms. The summed E-state index contributed by atoms with van der Waals surface area (Å²) < 4.78 is 0. The Bertz CT molecular complexity index is 79.4. The van der Waals surface area contributed by atoms with Gasteiger partial charge >= 0.3 is 20.4 Å². The van der Waals surface area contributed by atoms with E-state index >= 15 is 0 Å². The molecule has 0 saturated carbocycles. The maximum absolute atomic E-state index is 8.89. The molecule has 0 bridgehead atoms. The van der Waals surface area contributed by atoms with Crippen LogP contribution in [0.1, 0.15) is 13.8 Å². The van der Waals surface area contributed by atoms with Gasteiger partial charge in [0.25, 0.3) is 0 Å². The van der Waals surface area contributed by atoms with Crippen molar-refractivity contribution in [3.63, 3.8) is 0 Å². The van der Waals surface area contributed by atoms with E-state index in [0.717, 1.165) is 13.8 Å². The first-order valence-electron chi connectivity index (χ1n) is 2.15. The van der Waals surface area contributed by atoms with Crippen molar-refractivity contribution < 1.29 is 45.7 Å². The molecular formula is C4H12N2O5Pd. The number of hydrazine groups is 1. The second-order valence-corrected chi connectivity index (χ2v) is 0.983. The van der Waals surface area contributed by atoms with Gasteiger partial charge in [0.15, 0.2) is 0 Å². The molecule has 78 valence electrons. The molecule has 0 aromatic rings. The molecule has 8 heteroatoms. The number of rotatable bonds is 0. The van der Waals surface area contributed by atoms with E-state index < -0.39 is 11.9 Å². The molecule has 0 radical (unpaired) electrons. The fourth-order valence-corrected chi connectivity index (χ4v) is 0. The molecule has 0 amide bonds. The van der Waals surface area contributed by atoms with E-state index in [9.17, 15) is 0 Å². The van der Waals surface area contributed by atoms with Gasteiger partial charge in [-0.3, -0.25) is 11.7 Å². The Morgan fingerprint density at radius 2 is 1.00 bits per heavy atom. The van der Waals surface area contributed by atoms with Gasteiger partial charge < -0.3 is 25.3 Å². The van der Waals surface area contributed by atoms with Gasteiger partial charge in [0.05, 0.1) is 0 Å². The Morgan fingerprint density at radius 3 is 1.00 bits per heavy atom. The zero-order valence-electron chi connectivity index (χ0n) is 6.60. The molecule has 0 saturated heterocycles. The Kier molecular flexibility index (Phi) is 78.5. The van der Waals surface area contributed by atoms with Crippen LogP contribution in [-0.2, 0) is 30.0 Å². The van der Waals surface area contributed by atoms with Crippen LogP contribution < -0.4 is 21.9 Å². The third kappa shape index (κ3) is 2550. The Morgan fingerprint density at radius 1 is 1.00 bits per heavy atom. The van der Waals surface area contributed by atoms with E-state index in [1.807, 2.05) is 0 Å². The number of carboxylic acids is 2. The minimum atomic E-state index is -1.08. The molecule has 0 spiro atoms. The summed E-state index contributed by atoms with van der Waals surface area (Å²) in [5.41, 5.74) is 0. The fraction of sp³-hybridized carbons (Fsp3) is 0.500. The largest absolute Gasteiger partial charge is 2.00 e. The summed E-state index contributed by atoms with van der Waals surface area (Å²) >= 11 is 0. The molecule has 0 unspecified atom stereocenters. The van der Waals surface area contributed by atoms with Gasteiger partial charge in [-0.2, -0.15) is 0 Å². The van der Waals surface area contributed by atoms with E-state index in [0.29, 0.717) is 0 Å². The Labute approximate surface area is 83.7 Å². The predicted molar refractivity (Wildman–Crippen MR) is 33.4 cm³/mol. The standard InChI is InChI=1S/2C2H4O2.H4N2.H2O.Pd/c2*1-2(3)4;1-2;;/h2*1H3,(H,3,4);1-2H2;1H2;/q;;;;+2/p-2. The molecule has 6 N–H and O–H groups in total. The summed E-state index contributed by atoms with van der Waals surface area (Å²) in [6, 6.07) is 0. The molecule has 0 aromatic carbocycles. The zero-order valence-corrected chi connectivity index (χ0v) is 8.16. The second-order valence-electron chi connectivity index (χ2n) is 0.983. The minimum Gasteiger partial charge on any atom is -0.550 e. The summed E-state index contributed by atoms with van der Waals surface area (Å²) in [5.74, 6) is 5.83. The van der Waals surface area contributed by atoms with Gasteiger partial charge in [-0.05, 0) is 13.8 Å². The second kappa shape index (κ2) is 31.4. The Balaban J connectivity index is -0.0000000198. The van der Waals surface area contributed by atoms with Crippen LogP contribution in [0.15, 0.2) is 0 Å². The number of carboxylic acid groups (broad SMARTS) is 2. The van der Waals surface area contributed by atoms with Gasteiger partial charge in [0.2, 0.25) is 0 Å². The molecule has 7 nitrogen and oxygen atoms in total.